The highest BCUT2D eigenvalue weighted by atomic mass is 127. The highest BCUT2D eigenvalue weighted by Crippen LogP contribution is 2.03. The number of benzene rings is 1. The summed E-state index contributed by atoms with van der Waals surface area (Å²) in [7, 11) is 0. The van der Waals surface area contributed by atoms with Crippen LogP contribution in [0.1, 0.15) is 32.8 Å². The van der Waals surface area contributed by atoms with E-state index in [4.69, 9.17) is 4.74 Å². The summed E-state index contributed by atoms with van der Waals surface area (Å²) in [6.45, 7) is 10.4. The minimum atomic E-state index is 0. The summed E-state index contributed by atoms with van der Waals surface area (Å²) in [5.74, 6) is 1.31. The molecule has 0 saturated carbocycles. The molecular formula is C17H30IN3O. The number of hydrogen-bond acceptors (Lipinski definition) is 2. The van der Waals surface area contributed by atoms with Crippen LogP contribution in [0, 0.1) is 5.92 Å². The van der Waals surface area contributed by atoms with Gasteiger partial charge in [-0.3, -0.25) is 4.99 Å². The van der Waals surface area contributed by atoms with Gasteiger partial charge in [-0.25, -0.2) is 0 Å². The molecule has 0 amide bonds. The van der Waals surface area contributed by atoms with Gasteiger partial charge in [-0.15, -0.1) is 24.0 Å². The number of nitrogens with zero attached hydrogens (tertiary/aromatic N) is 1. The van der Waals surface area contributed by atoms with Gasteiger partial charge in [0.05, 0.1) is 13.2 Å². The molecule has 4 nitrogen and oxygen atoms in total. The number of guanidine groups is 1. The molecule has 0 aliphatic rings. The highest BCUT2D eigenvalue weighted by Gasteiger charge is 2.03. The molecule has 0 saturated heterocycles. The molecule has 22 heavy (non-hydrogen) atoms. The van der Waals surface area contributed by atoms with Crippen LogP contribution in [0.15, 0.2) is 35.3 Å². The van der Waals surface area contributed by atoms with E-state index in [1.807, 2.05) is 18.2 Å². The van der Waals surface area contributed by atoms with Crippen LogP contribution in [-0.4, -0.2) is 32.2 Å². The van der Waals surface area contributed by atoms with E-state index in [1.165, 1.54) is 5.56 Å². The van der Waals surface area contributed by atoms with Crippen molar-refractivity contribution in [2.75, 3.05) is 26.2 Å². The Bertz CT molecular complexity index is 398. The van der Waals surface area contributed by atoms with Crippen LogP contribution >= 0.6 is 24.0 Å². The molecule has 1 rings (SSSR count). The van der Waals surface area contributed by atoms with Gasteiger partial charge in [-0.2, -0.15) is 0 Å². The number of ether oxygens (including phenoxy) is 1. The van der Waals surface area contributed by atoms with Gasteiger partial charge in [0.15, 0.2) is 5.96 Å². The number of aliphatic imine (C=N–C) groups is 1. The Morgan fingerprint density at radius 1 is 1.18 bits per heavy atom. The fraction of sp³-hybridized carbons (Fsp3) is 0.588. The highest BCUT2D eigenvalue weighted by molar-refractivity contribution is 14.0. The lowest BCUT2D eigenvalue weighted by molar-refractivity contribution is 0.0945. The van der Waals surface area contributed by atoms with Crippen molar-refractivity contribution in [1.82, 2.24) is 10.6 Å². The van der Waals surface area contributed by atoms with Gasteiger partial charge in [0, 0.05) is 19.6 Å². The standard InChI is InChI=1S/C17H29N3O.HI/c1-4-11-19-17(18-5-2)20-12-15(3)13-21-14-16-9-7-6-8-10-16;/h6-10,15H,4-5,11-14H2,1-3H3,(H2,18,19,20);1H. The predicted molar refractivity (Wildman–Crippen MR) is 105 cm³/mol. The Morgan fingerprint density at radius 2 is 1.91 bits per heavy atom. The first kappa shape index (κ1) is 21.2. The molecule has 0 radical (unpaired) electrons. The monoisotopic (exact) mass is 419 g/mol. The van der Waals surface area contributed by atoms with E-state index in [2.05, 4.69) is 48.5 Å². The Hall–Kier alpha value is -0.820. The van der Waals surface area contributed by atoms with Gasteiger partial charge in [0.1, 0.15) is 0 Å². The van der Waals surface area contributed by atoms with Crippen LogP contribution in [0.5, 0.6) is 0 Å². The Labute approximate surface area is 152 Å². The van der Waals surface area contributed by atoms with Crippen LogP contribution < -0.4 is 10.6 Å². The molecule has 0 aliphatic carbocycles. The van der Waals surface area contributed by atoms with E-state index in [0.717, 1.165) is 38.6 Å². The normalized spacial score (nSPS) is 12.4. The van der Waals surface area contributed by atoms with E-state index in [0.29, 0.717) is 12.5 Å². The second-order valence-corrected chi connectivity index (χ2v) is 5.25. The van der Waals surface area contributed by atoms with E-state index in [9.17, 15) is 0 Å². The van der Waals surface area contributed by atoms with Gasteiger partial charge >= 0.3 is 0 Å². The summed E-state index contributed by atoms with van der Waals surface area (Å²) in [4.78, 5) is 4.59. The van der Waals surface area contributed by atoms with Gasteiger partial charge in [-0.1, -0.05) is 44.2 Å². The molecule has 1 aromatic rings. The largest absolute Gasteiger partial charge is 0.376 e. The minimum Gasteiger partial charge on any atom is -0.376 e. The van der Waals surface area contributed by atoms with Crippen molar-refractivity contribution in [3.8, 4) is 0 Å². The average Bonchev–Trinajstić information content (AvgIpc) is 2.51. The first-order valence-electron chi connectivity index (χ1n) is 7.90. The molecular weight excluding hydrogens is 389 g/mol. The molecule has 0 aromatic heterocycles. The summed E-state index contributed by atoms with van der Waals surface area (Å²) in [5.41, 5.74) is 1.21. The quantitative estimate of drug-likeness (QED) is 0.366. The second kappa shape index (κ2) is 13.8. The molecule has 2 N–H and O–H groups in total. The zero-order valence-electron chi connectivity index (χ0n) is 14.0. The Morgan fingerprint density at radius 3 is 2.55 bits per heavy atom. The summed E-state index contributed by atoms with van der Waals surface area (Å²) in [6.07, 6.45) is 1.10. The zero-order valence-corrected chi connectivity index (χ0v) is 16.3. The van der Waals surface area contributed by atoms with Crippen molar-refractivity contribution >= 4 is 29.9 Å². The first-order valence-corrected chi connectivity index (χ1v) is 7.90. The zero-order chi connectivity index (χ0) is 15.3. The van der Waals surface area contributed by atoms with Gasteiger partial charge in [-0.05, 0) is 24.8 Å². The summed E-state index contributed by atoms with van der Waals surface area (Å²) in [6, 6.07) is 10.3. The fourth-order valence-corrected chi connectivity index (χ4v) is 1.84. The molecule has 5 heteroatoms. The maximum Gasteiger partial charge on any atom is 0.191 e. The maximum absolute atomic E-state index is 5.74. The van der Waals surface area contributed by atoms with Crippen molar-refractivity contribution in [1.29, 1.82) is 0 Å². The van der Waals surface area contributed by atoms with Crippen LogP contribution in [0.3, 0.4) is 0 Å². The lowest BCUT2D eigenvalue weighted by atomic mass is 10.2. The molecule has 0 spiro atoms. The Kier molecular flexibility index (Phi) is 13.3. The third-order valence-corrected chi connectivity index (χ3v) is 2.96. The first-order chi connectivity index (χ1) is 10.3. The number of rotatable bonds is 9. The van der Waals surface area contributed by atoms with E-state index >= 15 is 0 Å². The molecule has 1 atom stereocenters. The number of halogens is 1. The third-order valence-electron chi connectivity index (χ3n) is 2.96. The third kappa shape index (κ3) is 10.00. The van der Waals surface area contributed by atoms with Crippen LogP contribution in [0.2, 0.25) is 0 Å². The average molecular weight is 419 g/mol. The molecule has 0 aliphatic heterocycles. The topological polar surface area (TPSA) is 45.7 Å². The lowest BCUT2D eigenvalue weighted by Crippen LogP contribution is -2.38. The molecule has 0 bridgehead atoms. The smallest absolute Gasteiger partial charge is 0.191 e. The maximum atomic E-state index is 5.74. The van der Waals surface area contributed by atoms with Crippen LogP contribution in [0.4, 0.5) is 0 Å². The second-order valence-electron chi connectivity index (χ2n) is 5.25. The molecule has 0 heterocycles. The summed E-state index contributed by atoms with van der Waals surface area (Å²) >= 11 is 0. The van der Waals surface area contributed by atoms with Crippen molar-refractivity contribution < 1.29 is 4.74 Å². The minimum absolute atomic E-state index is 0. The van der Waals surface area contributed by atoms with Crippen LogP contribution in [-0.2, 0) is 11.3 Å². The van der Waals surface area contributed by atoms with E-state index in [1.54, 1.807) is 0 Å². The lowest BCUT2D eigenvalue weighted by Gasteiger charge is -2.13. The van der Waals surface area contributed by atoms with Crippen molar-refractivity contribution in [2.24, 2.45) is 10.9 Å². The Balaban J connectivity index is 0.00000441. The van der Waals surface area contributed by atoms with Gasteiger partial charge in [0.2, 0.25) is 0 Å². The molecule has 126 valence electrons. The number of hydrogen-bond donors (Lipinski definition) is 2. The SMILES string of the molecule is CCCNC(=NCC(C)COCc1ccccc1)NCC.I. The predicted octanol–water partition coefficient (Wildman–Crippen LogP) is 3.42. The van der Waals surface area contributed by atoms with Gasteiger partial charge in [0.25, 0.3) is 0 Å². The van der Waals surface area contributed by atoms with Crippen molar-refractivity contribution in [2.45, 2.75) is 33.8 Å². The fourth-order valence-electron chi connectivity index (χ4n) is 1.84. The molecule has 0 fully saturated rings. The van der Waals surface area contributed by atoms with Crippen molar-refractivity contribution in [3.63, 3.8) is 0 Å². The summed E-state index contributed by atoms with van der Waals surface area (Å²) in [5, 5.41) is 6.56. The summed E-state index contributed by atoms with van der Waals surface area (Å²) < 4.78 is 5.74. The molecule has 1 unspecified atom stereocenters. The van der Waals surface area contributed by atoms with E-state index in [-0.39, 0.29) is 24.0 Å². The van der Waals surface area contributed by atoms with Gasteiger partial charge < -0.3 is 15.4 Å². The van der Waals surface area contributed by atoms with E-state index < -0.39 is 0 Å². The van der Waals surface area contributed by atoms with Crippen molar-refractivity contribution in [3.05, 3.63) is 35.9 Å². The van der Waals surface area contributed by atoms with Crippen LogP contribution in [0.25, 0.3) is 0 Å². The number of nitrogens with one attached hydrogen (secondary N) is 2. The molecule has 1 aromatic carbocycles.